The lowest BCUT2D eigenvalue weighted by Gasteiger charge is -2.13. The van der Waals surface area contributed by atoms with Gasteiger partial charge in [0.25, 0.3) is 0 Å². The van der Waals surface area contributed by atoms with Gasteiger partial charge in [-0.1, -0.05) is 19.9 Å². The van der Waals surface area contributed by atoms with Gasteiger partial charge in [0, 0.05) is 52.0 Å². The third-order valence-electron chi connectivity index (χ3n) is 6.94. The number of aromatic amines is 3. The van der Waals surface area contributed by atoms with Crippen LogP contribution in [0, 0.1) is 5.82 Å². The number of nitrogens with zero attached hydrogens (tertiary/aromatic N) is 1. The van der Waals surface area contributed by atoms with Crippen molar-refractivity contribution in [2.24, 2.45) is 0 Å². The monoisotopic (exact) mass is 483 g/mol. The minimum absolute atomic E-state index is 0.0367. The van der Waals surface area contributed by atoms with Crippen LogP contribution in [0.5, 0.6) is 0 Å². The Morgan fingerprint density at radius 1 is 1.11 bits per heavy atom. The Hall–Kier alpha value is -4.17. The standard InChI is InChI=1S/C28H26FN5O2/c1-14(2)23-24(18-6-10-32-27-20(18)13-21(33-27)15-3-7-30-8-4-15)26(28(35)36)34-25(23)19-11-16(29)12-22-17(19)5-9-31-22/h3,5-6,9-14,30-31,34H,4,7-8H2,1-2H3,(H,32,33)(H,35,36). The lowest BCUT2D eigenvalue weighted by atomic mass is 9.89. The Balaban J connectivity index is 1.64. The third kappa shape index (κ3) is 3.53. The summed E-state index contributed by atoms with van der Waals surface area (Å²) < 4.78 is 14.6. The first-order valence-corrected chi connectivity index (χ1v) is 12.1. The van der Waals surface area contributed by atoms with Gasteiger partial charge in [-0.25, -0.2) is 14.2 Å². The number of halogens is 1. The van der Waals surface area contributed by atoms with Gasteiger partial charge in [0.15, 0.2) is 0 Å². The van der Waals surface area contributed by atoms with Crippen molar-refractivity contribution >= 4 is 33.5 Å². The van der Waals surface area contributed by atoms with Gasteiger partial charge in [-0.3, -0.25) is 0 Å². The molecule has 0 bridgehead atoms. The summed E-state index contributed by atoms with van der Waals surface area (Å²) in [4.78, 5) is 26.7. The molecule has 0 saturated heterocycles. The van der Waals surface area contributed by atoms with Crippen LogP contribution in [0.2, 0.25) is 0 Å². The largest absolute Gasteiger partial charge is 0.477 e. The van der Waals surface area contributed by atoms with Crippen molar-refractivity contribution in [2.75, 3.05) is 13.1 Å². The minimum atomic E-state index is -1.07. The summed E-state index contributed by atoms with van der Waals surface area (Å²) in [5.74, 6) is -1.49. The highest BCUT2D eigenvalue weighted by Gasteiger charge is 2.28. The molecule has 36 heavy (non-hydrogen) atoms. The lowest BCUT2D eigenvalue weighted by molar-refractivity contribution is 0.0692. The molecule has 0 spiro atoms. The van der Waals surface area contributed by atoms with Crippen molar-refractivity contribution in [3.63, 3.8) is 0 Å². The molecule has 5 heterocycles. The summed E-state index contributed by atoms with van der Waals surface area (Å²) >= 11 is 0. The topological polar surface area (TPSA) is 110 Å². The molecular formula is C28H26FN5O2. The maximum Gasteiger partial charge on any atom is 0.352 e. The fourth-order valence-corrected chi connectivity index (χ4v) is 5.37. The van der Waals surface area contributed by atoms with Crippen LogP contribution in [0.1, 0.15) is 47.9 Å². The zero-order chi connectivity index (χ0) is 25.0. The molecule has 6 rings (SSSR count). The van der Waals surface area contributed by atoms with E-state index in [1.54, 1.807) is 12.4 Å². The van der Waals surface area contributed by atoms with Crippen LogP contribution in [0.15, 0.2) is 48.8 Å². The van der Waals surface area contributed by atoms with E-state index in [1.807, 2.05) is 26.0 Å². The van der Waals surface area contributed by atoms with E-state index in [9.17, 15) is 14.3 Å². The first-order valence-electron chi connectivity index (χ1n) is 12.1. The SMILES string of the molecule is CC(C)c1c(-c2cc(F)cc3[nH]ccc23)[nH]c(C(=O)O)c1-c1ccnc2[nH]c(C3=CCNCC3)cc12. The molecule has 0 fully saturated rings. The number of carboxylic acid groups (broad SMARTS) is 1. The number of rotatable bonds is 5. The van der Waals surface area contributed by atoms with Crippen LogP contribution in [-0.4, -0.2) is 44.1 Å². The van der Waals surface area contributed by atoms with E-state index in [-0.39, 0.29) is 17.4 Å². The molecule has 0 aliphatic carbocycles. The molecule has 0 radical (unpaired) electrons. The zero-order valence-electron chi connectivity index (χ0n) is 20.0. The summed E-state index contributed by atoms with van der Waals surface area (Å²) in [6.45, 7) is 5.77. The second-order valence-corrected chi connectivity index (χ2v) is 9.50. The van der Waals surface area contributed by atoms with Crippen molar-refractivity contribution < 1.29 is 14.3 Å². The van der Waals surface area contributed by atoms with Crippen LogP contribution in [0.3, 0.4) is 0 Å². The van der Waals surface area contributed by atoms with Crippen molar-refractivity contribution in [1.82, 2.24) is 25.3 Å². The number of fused-ring (bicyclic) bond motifs is 2. The lowest BCUT2D eigenvalue weighted by Crippen LogP contribution is -2.20. The third-order valence-corrected chi connectivity index (χ3v) is 6.94. The van der Waals surface area contributed by atoms with E-state index < -0.39 is 5.97 Å². The fourth-order valence-electron chi connectivity index (χ4n) is 5.37. The maximum atomic E-state index is 14.6. The Morgan fingerprint density at radius 2 is 1.97 bits per heavy atom. The number of carboxylic acids is 1. The molecule has 182 valence electrons. The number of hydrogen-bond donors (Lipinski definition) is 5. The van der Waals surface area contributed by atoms with E-state index in [1.165, 1.54) is 17.7 Å². The summed E-state index contributed by atoms with van der Waals surface area (Å²) in [5.41, 5.74) is 7.11. The molecule has 5 aromatic rings. The van der Waals surface area contributed by atoms with Gasteiger partial charge in [-0.2, -0.15) is 0 Å². The van der Waals surface area contributed by atoms with Crippen LogP contribution in [0.4, 0.5) is 4.39 Å². The first kappa shape index (κ1) is 22.3. The number of aromatic nitrogens is 4. The molecule has 7 nitrogen and oxygen atoms in total. The van der Waals surface area contributed by atoms with Crippen molar-refractivity contribution in [1.29, 1.82) is 0 Å². The Morgan fingerprint density at radius 3 is 2.72 bits per heavy atom. The molecule has 0 atom stereocenters. The van der Waals surface area contributed by atoms with E-state index in [0.29, 0.717) is 28.0 Å². The fraction of sp³-hybridized carbons (Fsp3) is 0.214. The first-order chi connectivity index (χ1) is 17.4. The van der Waals surface area contributed by atoms with Crippen LogP contribution >= 0.6 is 0 Å². The van der Waals surface area contributed by atoms with Gasteiger partial charge in [-0.05, 0) is 65.9 Å². The molecule has 0 amide bonds. The molecule has 8 heteroatoms. The van der Waals surface area contributed by atoms with Gasteiger partial charge in [-0.15, -0.1) is 0 Å². The number of pyridine rings is 1. The summed E-state index contributed by atoms with van der Waals surface area (Å²) in [7, 11) is 0. The second kappa shape index (κ2) is 8.49. The highest BCUT2D eigenvalue weighted by atomic mass is 19.1. The molecular weight excluding hydrogens is 457 g/mol. The number of aromatic carboxylic acids is 1. The Kier molecular flexibility index (Phi) is 5.26. The average Bonchev–Trinajstić information content (AvgIpc) is 3.60. The predicted molar refractivity (Wildman–Crippen MR) is 140 cm³/mol. The van der Waals surface area contributed by atoms with Gasteiger partial charge < -0.3 is 25.4 Å². The maximum absolute atomic E-state index is 14.6. The number of benzene rings is 1. The van der Waals surface area contributed by atoms with Gasteiger partial charge >= 0.3 is 5.97 Å². The summed E-state index contributed by atoms with van der Waals surface area (Å²) in [6.07, 6.45) is 6.52. The normalized spacial score (nSPS) is 14.2. The Labute approximate surface area is 206 Å². The van der Waals surface area contributed by atoms with Gasteiger partial charge in [0.2, 0.25) is 0 Å². The van der Waals surface area contributed by atoms with E-state index in [2.05, 4.69) is 37.4 Å². The van der Waals surface area contributed by atoms with Crippen LogP contribution < -0.4 is 5.32 Å². The molecule has 0 saturated carbocycles. The highest BCUT2D eigenvalue weighted by molar-refractivity contribution is 6.06. The average molecular weight is 484 g/mol. The molecule has 1 aromatic carbocycles. The van der Waals surface area contributed by atoms with Crippen molar-refractivity contribution in [3.8, 4) is 22.4 Å². The number of carbonyl (C=O) groups is 1. The molecule has 5 N–H and O–H groups in total. The van der Waals surface area contributed by atoms with Gasteiger partial charge in [0.1, 0.15) is 17.2 Å². The zero-order valence-corrected chi connectivity index (χ0v) is 20.0. The molecule has 1 aliphatic rings. The van der Waals surface area contributed by atoms with E-state index >= 15 is 0 Å². The predicted octanol–water partition coefficient (Wildman–Crippen LogP) is 6.04. The minimum Gasteiger partial charge on any atom is -0.477 e. The summed E-state index contributed by atoms with van der Waals surface area (Å²) in [6, 6.07) is 8.71. The molecule has 1 aliphatic heterocycles. The van der Waals surface area contributed by atoms with E-state index in [0.717, 1.165) is 47.1 Å². The molecule has 0 unspecified atom stereocenters. The van der Waals surface area contributed by atoms with Crippen molar-refractivity contribution in [2.45, 2.75) is 26.2 Å². The summed E-state index contributed by atoms with van der Waals surface area (Å²) in [5, 5.41) is 15.3. The second-order valence-electron chi connectivity index (χ2n) is 9.50. The Bertz CT molecular complexity index is 1670. The quantitative estimate of drug-likeness (QED) is 0.210. The smallest absolute Gasteiger partial charge is 0.352 e. The van der Waals surface area contributed by atoms with Crippen LogP contribution in [-0.2, 0) is 0 Å². The molecule has 4 aromatic heterocycles. The van der Waals surface area contributed by atoms with Gasteiger partial charge in [0.05, 0.1) is 5.69 Å². The van der Waals surface area contributed by atoms with Crippen molar-refractivity contribution in [3.05, 3.63) is 71.6 Å². The van der Waals surface area contributed by atoms with Crippen LogP contribution in [0.25, 0.3) is 49.9 Å². The number of hydrogen-bond acceptors (Lipinski definition) is 3. The highest BCUT2D eigenvalue weighted by Crippen LogP contribution is 2.44. The van der Waals surface area contributed by atoms with E-state index in [4.69, 9.17) is 0 Å². The number of H-pyrrole nitrogens is 3. The number of nitrogens with one attached hydrogen (secondary N) is 4.